The molecule has 2 heterocycles. The van der Waals surface area contributed by atoms with Gasteiger partial charge in [-0.05, 0) is 38.0 Å². The van der Waals surface area contributed by atoms with Crippen molar-refractivity contribution in [1.29, 1.82) is 0 Å². The number of anilines is 1. The largest absolute Gasteiger partial charge is 0.442 e. The molecule has 0 aliphatic carbocycles. The van der Waals surface area contributed by atoms with Gasteiger partial charge in [0.1, 0.15) is 17.5 Å². The topological polar surface area (TPSA) is 77.1 Å². The number of carbonyl (C=O) groups is 1. The van der Waals surface area contributed by atoms with E-state index in [0.29, 0.717) is 11.4 Å². The summed E-state index contributed by atoms with van der Waals surface area (Å²) in [5, 5.41) is 3.06. The Morgan fingerprint density at radius 1 is 1.26 bits per heavy atom. The van der Waals surface area contributed by atoms with E-state index < -0.39 is 0 Å². The van der Waals surface area contributed by atoms with E-state index in [-0.39, 0.29) is 28.1 Å². The van der Waals surface area contributed by atoms with Crippen molar-refractivity contribution < 1.29 is 9.21 Å². The molecule has 1 aromatic carbocycles. The number of nitrogens with one attached hydrogen (secondary N) is 1. The quantitative estimate of drug-likeness (QED) is 0.789. The number of hydrogen-bond acceptors (Lipinski definition) is 4. The van der Waals surface area contributed by atoms with Gasteiger partial charge >= 0.3 is 0 Å². The van der Waals surface area contributed by atoms with Gasteiger partial charge in [0.15, 0.2) is 0 Å². The summed E-state index contributed by atoms with van der Waals surface area (Å²) in [4.78, 5) is 29.1. The van der Waals surface area contributed by atoms with Gasteiger partial charge in [-0.25, -0.2) is 4.98 Å². The SMILES string of the molecule is Cc1cccc(NC(=O)c2c(C)oc3ncn(C)c(=O)c23)c1C. The third kappa shape index (κ3) is 2.42. The van der Waals surface area contributed by atoms with Crippen molar-refractivity contribution in [3.05, 3.63) is 57.3 Å². The minimum absolute atomic E-state index is 0.178. The van der Waals surface area contributed by atoms with Crippen LogP contribution in [0.5, 0.6) is 0 Å². The van der Waals surface area contributed by atoms with Gasteiger partial charge in [-0.3, -0.25) is 9.59 Å². The Labute approximate surface area is 132 Å². The highest BCUT2D eigenvalue weighted by Crippen LogP contribution is 2.24. The zero-order chi connectivity index (χ0) is 16.7. The predicted octanol–water partition coefficient (Wildman–Crippen LogP) is 2.70. The number of aryl methyl sites for hydroxylation is 3. The maximum atomic E-state index is 12.7. The first kappa shape index (κ1) is 15.0. The van der Waals surface area contributed by atoms with Crippen LogP contribution in [0, 0.1) is 20.8 Å². The highest BCUT2D eigenvalue weighted by Gasteiger charge is 2.22. The second kappa shape index (κ2) is 5.39. The summed E-state index contributed by atoms with van der Waals surface area (Å²) in [5.74, 6) is -0.00124. The molecule has 3 aromatic rings. The molecule has 1 amide bonds. The average Bonchev–Trinajstić information content (AvgIpc) is 2.85. The number of nitrogens with zero attached hydrogens (tertiary/aromatic N) is 2. The molecular weight excluding hydrogens is 294 g/mol. The Hall–Kier alpha value is -2.89. The first-order valence-corrected chi connectivity index (χ1v) is 7.22. The van der Waals surface area contributed by atoms with E-state index in [1.165, 1.54) is 10.9 Å². The average molecular weight is 311 g/mol. The van der Waals surface area contributed by atoms with Crippen molar-refractivity contribution in [3.63, 3.8) is 0 Å². The fraction of sp³-hybridized carbons (Fsp3) is 0.235. The van der Waals surface area contributed by atoms with Gasteiger partial charge in [-0.1, -0.05) is 12.1 Å². The lowest BCUT2D eigenvalue weighted by molar-refractivity contribution is 0.102. The Bertz CT molecular complexity index is 983. The monoisotopic (exact) mass is 311 g/mol. The van der Waals surface area contributed by atoms with E-state index in [9.17, 15) is 9.59 Å². The summed E-state index contributed by atoms with van der Waals surface area (Å²) < 4.78 is 6.79. The van der Waals surface area contributed by atoms with Gasteiger partial charge in [0.2, 0.25) is 5.71 Å². The van der Waals surface area contributed by atoms with Crippen LogP contribution >= 0.6 is 0 Å². The van der Waals surface area contributed by atoms with Crippen molar-refractivity contribution in [3.8, 4) is 0 Å². The van der Waals surface area contributed by atoms with Crippen LogP contribution in [0.1, 0.15) is 27.2 Å². The smallest absolute Gasteiger partial charge is 0.265 e. The van der Waals surface area contributed by atoms with Crippen molar-refractivity contribution in [2.24, 2.45) is 7.05 Å². The van der Waals surface area contributed by atoms with E-state index >= 15 is 0 Å². The van der Waals surface area contributed by atoms with Crippen LogP contribution in [0.15, 0.2) is 33.7 Å². The van der Waals surface area contributed by atoms with Crippen LogP contribution in [-0.2, 0) is 7.05 Å². The van der Waals surface area contributed by atoms with Crippen LogP contribution in [0.2, 0.25) is 0 Å². The van der Waals surface area contributed by atoms with Crippen molar-refractivity contribution in [2.45, 2.75) is 20.8 Å². The molecule has 6 heteroatoms. The van der Waals surface area contributed by atoms with E-state index in [4.69, 9.17) is 4.42 Å². The van der Waals surface area contributed by atoms with Gasteiger partial charge in [-0.2, -0.15) is 0 Å². The summed E-state index contributed by atoms with van der Waals surface area (Å²) in [6.45, 7) is 5.56. The maximum Gasteiger partial charge on any atom is 0.265 e. The third-order valence-corrected chi connectivity index (χ3v) is 4.03. The van der Waals surface area contributed by atoms with Gasteiger partial charge in [0, 0.05) is 12.7 Å². The molecule has 0 saturated carbocycles. The Kier molecular flexibility index (Phi) is 3.52. The number of aromatic nitrogens is 2. The van der Waals surface area contributed by atoms with Gasteiger partial charge in [0.25, 0.3) is 11.5 Å². The van der Waals surface area contributed by atoms with E-state index in [2.05, 4.69) is 10.3 Å². The number of benzene rings is 1. The fourth-order valence-corrected chi connectivity index (χ4v) is 2.53. The van der Waals surface area contributed by atoms with Crippen molar-refractivity contribution in [2.75, 3.05) is 5.32 Å². The van der Waals surface area contributed by atoms with Crippen molar-refractivity contribution >= 4 is 22.7 Å². The van der Waals surface area contributed by atoms with Crippen LogP contribution in [-0.4, -0.2) is 15.5 Å². The number of hydrogen-bond donors (Lipinski definition) is 1. The molecule has 0 spiro atoms. The molecule has 0 atom stereocenters. The zero-order valence-electron chi connectivity index (χ0n) is 13.4. The minimum Gasteiger partial charge on any atom is -0.442 e. The third-order valence-electron chi connectivity index (χ3n) is 4.03. The lowest BCUT2D eigenvalue weighted by atomic mass is 10.1. The van der Waals surface area contributed by atoms with E-state index in [1.807, 2.05) is 32.0 Å². The second-order valence-corrected chi connectivity index (χ2v) is 5.58. The number of amides is 1. The number of rotatable bonds is 2. The molecule has 0 radical (unpaired) electrons. The maximum absolute atomic E-state index is 12.7. The van der Waals surface area contributed by atoms with Crippen LogP contribution in [0.25, 0.3) is 11.1 Å². The zero-order valence-corrected chi connectivity index (χ0v) is 13.4. The lowest BCUT2D eigenvalue weighted by Crippen LogP contribution is -2.21. The summed E-state index contributed by atoms with van der Waals surface area (Å²) in [7, 11) is 1.59. The molecule has 0 bridgehead atoms. The van der Waals surface area contributed by atoms with E-state index in [1.54, 1.807) is 14.0 Å². The molecule has 2 aromatic heterocycles. The fourth-order valence-electron chi connectivity index (χ4n) is 2.53. The van der Waals surface area contributed by atoms with Crippen molar-refractivity contribution in [1.82, 2.24) is 9.55 Å². The first-order chi connectivity index (χ1) is 10.9. The Morgan fingerprint density at radius 2 is 2.00 bits per heavy atom. The number of fused-ring (bicyclic) bond motifs is 1. The molecular formula is C17H17N3O3. The molecule has 0 saturated heterocycles. The molecule has 6 nitrogen and oxygen atoms in total. The van der Waals surface area contributed by atoms with Crippen LogP contribution < -0.4 is 10.9 Å². The Morgan fingerprint density at radius 3 is 2.74 bits per heavy atom. The van der Waals surface area contributed by atoms with Gasteiger partial charge < -0.3 is 14.3 Å². The minimum atomic E-state index is -0.375. The van der Waals surface area contributed by atoms with Crippen LogP contribution in [0.4, 0.5) is 5.69 Å². The highest BCUT2D eigenvalue weighted by atomic mass is 16.3. The molecule has 118 valence electrons. The Balaban J connectivity index is 2.11. The first-order valence-electron chi connectivity index (χ1n) is 7.22. The van der Waals surface area contributed by atoms with Gasteiger partial charge in [-0.15, -0.1) is 0 Å². The lowest BCUT2D eigenvalue weighted by Gasteiger charge is -2.10. The molecule has 1 N–H and O–H groups in total. The highest BCUT2D eigenvalue weighted by molar-refractivity contribution is 6.12. The summed E-state index contributed by atoms with van der Waals surface area (Å²) >= 11 is 0. The van der Waals surface area contributed by atoms with Gasteiger partial charge in [0.05, 0.1) is 5.56 Å². The van der Waals surface area contributed by atoms with E-state index in [0.717, 1.165) is 11.1 Å². The number of furan rings is 1. The second-order valence-electron chi connectivity index (χ2n) is 5.58. The molecule has 0 aliphatic heterocycles. The van der Waals surface area contributed by atoms with Crippen LogP contribution in [0.3, 0.4) is 0 Å². The molecule has 0 fully saturated rings. The summed E-state index contributed by atoms with van der Waals surface area (Å²) in [5.41, 5.74) is 2.88. The number of carbonyl (C=O) groups excluding carboxylic acids is 1. The summed E-state index contributed by atoms with van der Waals surface area (Å²) in [6, 6.07) is 5.68. The predicted molar refractivity (Wildman–Crippen MR) is 87.9 cm³/mol. The molecule has 23 heavy (non-hydrogen) atoms. The molecule has 3 rings (SSSR count). The standard InChI is InChI=1S/C17H17N3O3/c1-9-6-5-7-12(10(9)2)19-15(21)13-11(3)23-16-14(13)17(22)20(4)8-18-16/h5-8H,1-4H3,(H,19,21). The summed E-state index contributed by atoms with van der Waals surface area (Å²) in [6.07, 6.45) is 1.37. The molecule has 0 unspecified atom stereocenters. The normalized spacial score (nSPS) is 11.0. The molecule has 0 aliphatic rings.